The van der Waals surface area contributed by atoms with Crippen LogP contribution in [0.4, 0.5) is 13.2 Å². The first kappa shape index (κ1) is 18.6. The van der Waals surface area contributed by atoms with Crippen molar-refractivity contribution in [1.29, 1.82) is 0 Å². The molecule has 136 valence electrons. The molecule has 1 N–H and O–H groups in total. The van der Waals surface area contributed by atoms with Crippen molar-refractivity contribution in [2.45, 2.75) is 44.4 Å². The zero-order chi connectivity index (χ0) is 18.6. The van der Waals surface area contributed by atoms with Gasteiger partial charge in [0.05, 0.1) is 5.92 Å². The Morgan fingerprint density at radius 2 is 1.92 bits per heavy atom. The van der Waals surface area contributed by atoms with Crippen LogP contribution in [0.2, 0.25) is 5.02 Å². The summed E-state index contributed by atoms with van der Waals surface area (Å²) < 4.78 is 44.7. The number of benzene rings is 1. The Hall–Kier alpha value is -1.21. The molecule has 25 heavy (non-hydrogen) atoms. The van der Waals surface area contributed by atoms with Gasteiger partial charge in [-0.25, -0.2) is 4.79 Å². The Morgan fingerprint density at radius 1 is 1.32 bits per heavy atom. The normalized spacial score (nSPS) is 27.1. The summed E-state index contributed by atoms with van der Waals surface area (Å²) in [6.45, 7) is 1.80. The van der Waals surface area contributed by atoms with Crippen LogP contribution in [0.5, 0.6) is 0 Å². The average Bonchev–Trinajstić information content (AvgIpc) is 2.74. The fraction of sp³-hybridized carbons (Fsp3) is 0.471. The van der Waals surface area contributed by atoms with Crippen LogP contribution in [0, 0.1) is 12.8 Å². The molecule has 0 unspecified atom stereocenters. The van der Waals surface area contributed by atoms with Crippen LogP contribution in [0.3, 0.4) is 0 Å². The molecule has 1 aromatic carbocycles. The lowest BCUT2D eigenvalue weighted by atomic mass is 9.77. The molecule has 0 aromatic heterocycles. The van der Waals surface area contributed by atoms with Crippen molar-refractivity contribution in [1.82, 2.24) is 0 Å². The van der Waals surface area contributed by atoms with Gasteiger partial charge in [-0.15, -0.1) is 0 Å². The smallest absolute Gasteiger partial charge is 0.391 e. The third-order valence-corrected chi connectivity index (χ3v) is 6.10. The van der Waals surface area contributed by atoms with Gasteiger partial charge in [0.2, 0.25) is 0 Å². The van der Waals surface area contributed by atoms with E-state index in [4.69, 9.17) is 16.3 Å². The van der Waals surface area contributed by atoms with E-state index in [9.17, 15) is 23.1 Å². The molecule has 1 aromatic rings. The zero-order valence-electron chi connectivity index (χ0n) is 13.2. The average molecular weight is 440 g/mol. The number of esters is 1. The van der Waals surface area contributed by atoms with Gasteiger partial charge in [0, 0.05) is 15.1 Å². The summed E-state index contributed by atoms with van der Waals surface area (Å²) in [6.07, 6.45) is -4.79. The van der Waals surface area contributed by atoms with E-state index in [1.54, 1.807) is 19.1 Å². The molecule has 1 saturated carbocycles. The standard InChI is InChI=1S/C17H15BrClF3O3/c1-8-6-10(12(19)7-11(8)18)13-14(23)16(25-15(13)24)4-2-9(3-5-16)17(20,21)22/h6-7,9,23H,2-5H2,1H3. The molecule has 3 nitrogen and oxygen atoms in total. The summed E-state index contributed by atoms with van der Waals surface area (Å²) in [5, 5.41) is 10.9. The van der Waals surface area contributed by atoms with Crippen LogP contribution in [0.1, 0.15) is 36.8 Å². The number of carbonyl (C=O) groups excluding carboxylic acids is 1. The molecule has 8 heteroatoms. The van der Waals surface area contributed by atoms with Gasteiger partial charge in [0.1, 0.15) is 5.57 Å². The number of hydrogen-bond acceptors (Lipinski definition) is 3. The highest BCUT2D eigenvalue weighted by Crippen LogP contribution is 2.50. The maximum Gasteiger partial charge on any atom is 0.391 e. The van der Waals surface area contributed by atoms with Crippen LogP contribution in [-0.2, 0) is 9.53 Å². The van der Waals surface area contributed by atoms with Gasteiger partial charge in [-0.2, -0.15) is 13.2 Å². The number of aliphatic hydroxyl groups excluding tert-OH is 1. The van der Waals surface area contributed by atoms with Crippen molar-refractivity contribution in [3.8, 4) is 0 Å². The van der Waals surface area contributed by atoms with Gasteiger partial charge < -0.3 is 9.84 Å². The summed E-state index contributed by atoms with van der Waals surface area (Å²) >= 11 is 9.52. The van der Waals surface area contributed by atoms with E-state index in [2.05, 4.69) is 15.9 Å². The number of hydrogen-bond donors (Lipinski definition) is 1. The number of alkyl halides is 3. The second-order valence-electron chi connectivity index (χ2n) is 6.50. The minimum atomic E-state index is -4.28. The van der Waals surface area contributed by atoms with Crippen LogP contribution in [0.25, 0.3) is 5.57 Å². The highest BCUT2D eigenvalue weighted by Gasteiger charge is 2.54. The molecule has 1 fully saturated rings. The van der Waals surface area contributed by atoms with Crippen molar-refractivity contribution in [2.24, 2.45) is 5.92 Å². The molecule has 0 bridgehead atoms. The van der Waals surface area contributed by atoms with Gasteiger partial charge in [-0.1, -0.05) is 27.5 Å². The Kier molecular flexibility index (Phi) is 4.60. The topological polar surface area (TPSA) is 46.5 Å². The quantitative estimate of drug-likeness (QED) is 0.569. The fourth-order valence-corrected chi connectivity index (χ4v) is 4.17. The second-order valence-corrected chi connectivity index (χ2v) is 7.77. The molecular formula is C17H15BrClF3O3. The van der Waals surface area contributed by atoms with Gasteiger partial charge in [-0.3, -0.25) is 0 Å². The maximum atomic E-state index is 12.9. The molecule has 2 aliphatic rings. The molecule has 1 spiro atoms. The minimum absolute atomic E-state index is 0.0638. The maximum absolute atomic E-state index is 12.9. The lowest BCUT2D eigenvalue weighted by molar-refractivity contribution is -0.194. The molecule has 0 amide bonds. The Morgan fingerprint density at radius 3 is 2.48 bits per heavy atom. The first-order chi connectivity index (χ1) is 11.5. The van der Waals surface area contributed by atoms with E-state index in [0.717, 1.165) is 10.0 Å². The number of ether oxygens (including phenoxy) is 1. The first-order valence-electron chi connectivity index (χ1n) is 7.75. The number of halogens is 5. The predicted molar refractivity (Wildman–Crippen MR) is 90.3 cm³/mol. The summed E-state index contributed by atoms with van der Waals surface area (Å²) in [7, 11) is 0. The number of rotatable bonds is 1. The molecular weight excluding hydrogens is 425 g/mol. The zero-order valence-corrected chi connectivity index (χ0v) is 15.6. The van der Waals surface area contributed by atoms with Crippen LogP contribution < -0.4 is 0 Å². The van der Waals surface area contributed by atoms with Gasteiger partial charge >= 0.3 is 12.1 Å². The summed E-state index contributed by atoms with van der Waals surface area (Å²) in [5.41, 5.74) is -0.321. The van der Waals surface area contributed by atoms with E-state index >= 15 is 0 Å². The monoisotopic (exact) mass is 438 g/mol. The van der Waals surface area contributed by atoms with Crippen molar-refractivity contribution in [2.75, 3.05) is 0 Å². The highest BCUT2D eigenvalue weighted by molar-refractivity contribution is 9.10. The lowest BCUT2D eigenvalue weighted by Crippen LogP contribution is -2.40. The molecule has 1 aliphatic heterocycles. The fourth-order valence-electron chi connectivity index (χ4n) is 3.44. The number of aryl methyl sites for hydroxylation is 1. The van der Waals surface area contributed by atoms with Crippen molar-refractivity contribution in [3.63, 3.8) is 0 Å². The molecule has 0 atom stereocenters. The van der Waals surface area contributed by atoms with Crippen molar-refractivity contribution < 1.29 is 27.8 Å². The van der Waals surface area contributed by atoms with Gasteiger partial charge in [0.15, 0.2) is 11.4 Å². The second kappa shape index (κ2) is 6.20. The summed E-state index contributed by atoms with van der Waals surface area (Å²) in [4.78, 5) is 12.4. The summed E-state index contributed by atoms with van der Waals surface area (Å²) in [6, 6.07) is 3.24. The van der Waals surface area contributed by atoms with Gasteiger partial charge in [0.25, 0.3) is 0 Å². The summed E-state index contributed by atoms with van der Waals surface area (Å²) in [5.74, 6) is -2.51. The highest BCUT2D eigenvalue weighted by atomic mass is 79.9. The Balaban J connectivity index is 1.97. The Labute approximate surface area is 155 Å². The van der Waals surface area contributed by atoms with Crippen LogP contribution >= 0.6 is 27.5 Å². The molecule has 3 rings (SSSR count). The largest absolute Gasteiger partial charge is 0.507 e. The van der Waals surface area contributed by atoms with Crippen molar-refractivity contribution >= 4 is 39.1 Å². The third-order valence-electron chi connectivity index (χ3n) is 4.93. The Bertz CT molecular complexity index is 765. The minimum Gasteiger partial charge on any atom is -0.507 e. The van der Waals surface area contributed by atoms with E-state index in [0.29, 0.717) is 5.56 Å². The van der Waals surface area contributed by atoms with E-state index in [1.807, 2.05) is 0 Å². The first-order valence-corrected chi connectivity index (χ1v) is 8.92. The van der Waals surface area contributed by atoms with Crippen LogP contribution in [-0.4, -0.2) is 22.9 Å². The van der Waals surface area contributed by atoms with E-state index in [1.165, 1.54) is 0 Å². The van der Waals surface area contributed by atoms with E-state index in [-0.39, 0.29) is 42.0 Å². The molecule has 1 heterocycles. The van der Waals surface area contributed by atoms with E-state index < -0.39 is 23.7 Å². The van der Waals surface area contributed by atoms with Crippen molar-refractivity contribution in [3.05, 3.63) is 38.5 Å². The molecule has 0 radical (unpaired) electrons. The number of carbonyl (C=O) groups is 1. The van der Waals surface area contributed by atoms with Gasteiger partial charge in [-0.05, 0) is 50.3 Å². The molecule has 1 aliphatic carbocycles. The van der Waals surface area contributed by atoms with Crippen LogP contribution in [0.15, 0.2) is 22.4 Å². The predicted octanol–water partition coefficient (Wildman–Crippen LogP) is 5.73. The third kappa shape index (κ3) is 3.16. The SMILES string of the molecule is Cc1cc(C2=C(O)C3(CCC(C(F)(F)F)CC3)OC2=O)c(Cl)cc1Br. The molecule has 0 saturated heterocycles. The lowest BCUT2D eigenvalue weighted by Gasteiger charge is -2.36. The number of aliphatic hydroxyl groups is 1.